The number of carbonyl (C=O) groups is 1. The van der Waals surface area contributed by atoms with E-state index in [0.717, 1.165) is 37.7 Å². The van der Waals surface area contributed by atoms with Crippen LogP contribution in [0.4, 0.5) is 16.4 Å². The molecule has 7 nitrogen and oxygen atoms in total. The molecule has 2 aromatic rings. The molecule has 0 saturated carbocycles. The average Bonchev–Trinajstić information content (AvgIpc) is 2.97. The molecule has 1 aliphatic rings. The predicted molar refractivity (Wildman–Crippen MR) is 114 cm³/mol. The summed E-state index contributed by atoms with van der Waals surface area (Å²) in [4.78, 5) is 24.3. The molecule has 9 heteroatoms. The van der Waals surface area contributed by atoms with Crippen LogP contribution in [-0.2, 0) is 17.6 Å². The molecular weight excluding hydrogens is 398 g/mol. The van der Waals surface area contributed by atoms with Gasteiger partial charge in [-0.15, -0.1) is 11.3 Å². The molecule has 1 aliphatic carbocycles. The number of nitro benzene ring substituents is 1. The quantitative estimate of drug-likeness (QED) is 0.315. The Balaban J connectivity index is 1.87. The fourth-order valence-electron chi connectivity index (χ4n) is 3.32. The summed E-state index contributed by atoms with van der Waals surface area (Å²) in [6.07, 6.45) is 6.22. The normalized spacial score (nSPS) is 13.6. The lowest BCUT2D eigenvalue weighted by Gasteiger charge is -2.12. The van der Waals surface area contributed by atoms with Crippen LogP contribution >= 0.6 is 23.6 Å². The Morgan fingerprint density at radius 2 is 1.89 bits per heavy atom. The number of hydrogen-bond acceptors (Lipinski definition) is 6. The number of rotatable bonds is 4. The highest BCUT2D eigenvalue weighted by Crippen LogP contribution is 2.37. The van der Waals surface area contributed by atoms with E-state index in [9.17, 15) is 14.9 Å². The van der Waals surface area contributed by atoms with Gasteiger partial charge in [-0.25, -0.2) is 4.79 Å². The van der Waals surface area contributed by atoms with Gasteiger partial charge in [0.15, 0.2) is 5.11 Å². The van der Waals surface area contributed by atoms with Crippen molar-refractivity contribution in [3.8, 4) is 0 Å². The zero-order chi connectivity index (χ0) is 20.1. The summed E-state index contributed by atoms with van der Waals surface area (Å²) >= 11 is 6.85. The summed E-state index contributed by atoms with van der Waals surface area (Å²) < 4.78 is 5.00. The average molecular weight is 420 g/mol. The van der Waals surface area contributed by atoms with Crippen LogP contribution in [0.5, 0.6) is 0 Å². The zero-order valence-corrected chi connectivity index (χ0v) is 17.1. The number of methoxy groups -OCH3 is 1. The van der Waals surface area contributed by atoms with E-state index in [1.54, 1.807) is 18.2 Å². The Hall–Kier alpha value is -2.52. The van der Waals surface area contributed by atoms with Gasteiger partial charge in [0, 0.05) is 10.9 Å². The first-order valence-corrected chi connectivity index (χ1v) is 10.3. The maximum Gasteiger partial charge on any atom is 0.341 e. The van der Waals surface area contributed by atoms with Gasteiger partial charge in [-0.2, -0.15) is 0 Å². The highest BCUT2D eigenvalue weighted by molar-refractivity contribution is 7.80. The van der Waals surface area contributed by atoms with E-state index >= 15 is 0 Å². The number of ether oxygens (including phenoxy) is 1. The van der Waals surface area contributed by atoms with Crippen LogP contribution in [0.1, 0.15) is 46.5 Å². The van der Waals surface area contributed by atoms with E-state index in [4.69, 9.17) is 17.0 Å². The molecule has 0 unspecified atom stereocenters. The van der Waals surface area contributed by atoms with Crippen LogP contribution in [0.25, 0.3) is 0 Å². The summed E-state index contributed by atoms with van der Waals surface area (Å²) in [6, 6.07) is 6.27. The lowest BCUT2D eigenvalue weighted by Crippen LogP contribution is -2.20. The minimum Gasteiger partial charge on any atom is -0.465 e. The first-order chi connectivity index (χ1) is 13.5. The van der Waals surface area contributed by atoms with Crippen molar-refractivity contribution in [3.63, 3.8) is 0 Å². The fraction of sp³-hybridized carbons (Fsp3) is 0.368. The van der Waals surface area contributed by atoms with Crippen molar-refractivity contribution in [2.24, 2.45) is 0 Å². The third kappa shape index (κ3) is 4.48. The van der Waals surface area contributed by atoms with Crippen LogP contribution < -0.4 is 10.6 Å². The molecule has 1 heterocycles. The number of anilines is 2. The predicted octanol–water partition coefficient (Wildman–Crippen LogP) is 4.91. The number of thiocarbonyl (C=S) groups is 1. The van der Waals surface area contributed by atoms with Gasteiger partial charge < -0.3 is 15.4 Å². The molecule has 0 fully saturated rings. The standard InChI is InChI=1S/C19H21N3O4S2/c1-26-18(23)16-12-8-4-2-3-5-11-15(12)28-17(16)21-19(27)20-13-9-6-7-10-14(13)22(24)25/h6-7,9-10H,2-5,8,11H2,1H3,(H2,20,21,27). The van der Waals surface area contributed by atoms with Crippen LogP contribution in [0.3, 0.4) is 0 Å². The monoisotopic (exact) mass is 419 g/mol. The highest BCUT2D eigenvalue weighted by Gasteiger charge is 2.25. The molecule has 28 heavy (non-hydrogen) atoms. The summed E-state index contributed by atoms with van der Waals surface area (Å²) in [5.41, 5.74) is 1.78. The van der Waals surface area contributed by atoms with Crippen molar-refractivity contribution in [2.45, 2.75) is 38.5 Å². The van der Waals surface area contributed by atoms with Crippen LogP contribution in [0, 0.1) is 10.1 Å². The largest absolute Gasteiger partial charge is 0.465 e. The maximum absolute atomic E-state index is 12.4. The molecule has 0 bridgehead atoms. The molecule has 0 aliphatic heterocycles. The van der Waals surface area contributed by atoms with Crippen molar-refractivity contribution >= 4 is 51.0 Å². The SMILES string of the molecule is COC(=O)c1c(NC(=S)Nc2ccccc2[N+](=O)[O-])sc2c1CCCCCC2. The molecule has 1 aromatic heterocycles. The number of nitro groups is 1. The van der Waals surface area contributed by atoms with Crippen LogP contribution in [0.15, 0.2) is 24.3 Å². The van der Waals surface area contributed by atoms with Gasteiger partial charge in [-0.3, -0.25) is 10.1 Å². The second-order valence-corrected chi connectivity index (χ2v) is 7.98. The number of carbonyl (C=O) groups excluding carboxylic acids is 1. The maximum atomic E-state index is 12.4. The molecule has 0 atom stereocenters. The Morgan fingerprint density at radius 1 is 1.18 bits per heavy atom. The second-order valence-electron chi connectivity index (χ2n) is 6.47. The zero-order valence-electron chi connectivity index (χ0n) is 15.4. The summed E-state index contributed by atoms with van der Waals surface area (Å²) in [5, 5.41) is 17.9. The van der Waals surface area contributed by atoms with Gasteiger partial charge in [0.05, 0.1) is 17.6 Å². The molecular formula is C19H21N3O4S2. The Bertz CT molecular complexity index is 911. The van der Waals surface area contributed by atoms with Crippen LogP contribution in [-0.4, -0.2) is 23.1 Å². The summed E-state index contributed by atoms with van der Waals surface area (Å²) in [5.74, 6) is -0.394. The lowest BCUT2D eigenvalue weighted by atomic mass is 9.96. The molecule has 148 valence electrons. The number of benzene rings is 1. The van der Waals surface area contributed by atoms with Gasteiger partial charge in [0.1, 0.15) is 10.7 Å². The van der Waals surface area contributed by atoms with E-state index < -0.39 is 10.9 Å². The Morgan fingerprint density at radius 3 is 2.61 bits per heavy atom. The summed E-state index contributed by atoms with van der Waals surface area (Å²) in [6.45, 7) is 0. The van der Waals surface area contributed by atoms with Crippen molar-refractivity contribution in [1.29, 1.82) is 0 Å². The molecule has 2 N–H and O–H groups in total. The minimum absolute atomic E-state index is 0.0710. The Kier molecular flexibility index (Phi) is 6.58. The van der Waals surface area contributed by atoms with Crippen molar-refractivity contribution < 1.29 is 14.5 Å². The number of esters is 1. The first-order valence-electron chi connectivity index (χ1n) is 9.05. The minimum atomic E-state index is -0.471. The molecule has 0 radical (unpaired) electrons. The van der Waals surface area contributed by atoms with Crippen molar-refractivity contribution in [3.05, 3.63) is 50.4 Å². The van der Waals surface area contributed by atoms with E-state index in [1.165, 1.54) is 35.8 Å². The number of para-hydroxylation sites is 2. The van der Waals surface area contributed by atoms with E-state index in [-0.39, 0.29) is 10.8 Å². The number of thiophene rings is 1. The van der Waals surface area contributed by atoms with Crippen molar-refractivity contribution in [1.82, 2.24) is 0 Å². The van der Waals surface area contributed by atoms with Gasteiger partial charge in [0.25, 0.3) is 5.69 Å². The smallest absolute Gasteiger partial charge is 0.341 e. The van der Waals surface area contributed by atoms with E-state index in [0.29, 0.717) is 16.3 Å². The van der Waals surface area contributed by atoms with Crippen molar-refractivity contribution in [2.75, 3.05) is 17.7 Å². The van der Waals surface area contributed by atoms with Gasteiger partial charge >= 0.3 is 5.97 Å². The van der Waals surface area contributed by atoms with Gasteiger partial charge in [-0.1, -0.05) is 25.0 Å². The Labute approximate surface area is 172 Å². The number of nitrogens with one attached hydrogen (secondary N) is 2. The van der Waals surface area contributed by atoms with E-state index in [1.807, 2.05) is 0 Å². The summed E-state index contributed by atoms with van der Waals surface area (Å²) in [7, 11) is 1.36. The first kappa shape index (κ1) is 20.2. The third-order valence-corrected chi connectivity index (χ3v) is 6.05. The molecule has 0 saturated heterocycles. The second kappa shape index (κ2) is 9.11. The molecule has 1 aromatic carbocycles. The third-order valence-electron chi connectivity index (χ3n) is 4.64. The van der Waals surface area contributed by atoms with Gasteiger partial charge in [0.2, 0.25) is 0 Å². The fourth-order valence-corrected chi connectivity index (χ4v) is 4.88. The van der Waals surface area contributed by atoms with Gasteiger partial charge in [-0.05, 0) is 49.5 Å². The molecule has 3 rings (SSSR count). The number of hydrogen-bond donors (Lipinski definition) is 2. The number of nitrogens with zero attached hydrogens (tertiary/aromatic N) is 1. The molecule has 0 spiro atoms. The number of aryl methyl sites for hydroxylation is 1. The van der Waals surface area contributed by atoms with E-state index in [2.05, 4.69) is 10.6 Å². The number of fused-ring (bicyclic) bond motifs is 1. The highest BCUT2D eigenvalue weighted by atomic mass is 32.1. The van der Waals surface area contributed by atoms with Crippen LogP contribution in [0.2, 0.25) is 0 Å². The lowest BCUT2D eigenvalue weighted by molar-refractivity contribution is -0.383. The topological polar surface area (TPSA) is 93.5 Å². The molecule has 0 amide bonds.